The Hall–Kier alpha value is -3.12. The number of amides is 1. The van der Waals surface area contributed by atoms with Crippen LogP contribution in [0.3, 0.4) is 0 Å². The molecule has 1 heterocycles. The normalized spacial score (nSPS) is 10.8. The summed E-state index contributed by atoms with van der Waals surface area (Å²) in [7, 11) is 3.15. The van der Waals surface area contributed by atoms with Crippen molar-refractivity contribution in [2.75, 3.05) is 19.5 Å². The van der Waals surface area contributed by atoms with Gasteiger partial charge < -0.3 is 14.8 Å². The number of benzene rings is 2. The topological polar surface area (TPSA) is 60.5 Å². The number of nitrogens with zero attached hydrogens (tertiary/aromatic N) is 1. The number of nitrogens with one attached hydrogen (secondary N) is 1. The summed E-state index contributed by atoms with van der Waals surface area (Å²) in [5.74, 6) is 0.983. The lowest BCUT2D eigenvalue weighted by Crippen LogP contribution is -2.07. The van der Waals surface area contributed by atoms with Gasteiger partial charge in [-0.05, 0) is 31.2 Å². The van der Waals surface area contributed by atoms with Gasteiger partial charge in [-0.2, -0.15) is 0 Å². The van der Waals surface area contributed by atoms with E-state index < -0.39 is 0 Å². The van der Waals surface area contributed by atoms with Crippen LogP contribution in [-0.4, -0.2) is 25.1 Å². The maximum Gasteiger partial charge on any atom is 0.248 e. The fourth-order valence-corrected chi connectivity index (χ4v) is 3.23. The zero-order valence-corrected chi connectivity index (χ0v) is 16.2. The number of hydrogen-bond acceptors (Lipinski definition) is 5. The van der Waals surface area contributed by atoms with E-state index in [-0.39, 0.29) is 5.91 Å². The Labute approximate surface area is 162 Å². The van der Waals surface area contributed by atoms with Crippen molar-refractivity contribution in [3.05, 3.63) is 64.5 Å². The van der Waals surface area contributed by atoms with Gasteiger partial charge in [0.15, 0.2) is 11.5 Å². The second-order valence-electron chi connectivity index (χ2n) is 5.73. The lowest BCUT2D eigenvalue weighted by molar-refractivity contribution is -0.111. The molecule has 0 bridgehead atoms. The van der Waals surface area contributed by atoms with Crippen molar-refractivity contribution in [1.82, 2.24) is 4.98 Å². The summed E-state index contributed by atoms with van der Waals surface area (Å²) >= 11 is 1.61. The van der Waals surface area contributed by atoms with Gasteiger partial charge in [0, 0.05) is 28.3 Å². The quantitative estimate of drug-likeness (QED) is 0.625. The Morgan fingerprint density at radius 2 is 1.89 bits per heavy atom. The number of anilines is 1. The maximum absolute atomic E-state index is 12.2. The van der Waals surface area contributed by atoms with E-state index in [2.05, 4.69) is 10.3 Å². The van der Waals surface area contributed by atoms with Crippen LogP contribution < -0.4 is 14.8 Å². The van der Waals surface area contributed by atoms with Crippen LogP contribution in [0.15, 0.2) is 53.9 Å². The van der Waals surface area contributed by atoms with Crippen LogP contribution in [0.5, 0.6) is 11.5 Å². The van der Waals surface area contributed by atoms with Crippen molar-refractivity contribution in [3.8, 4) is 22.8 Å². The first-order valence-electron chi connectivity index (χ1n) is 8.33. The smallest absolute Gasteiger partial charge is 0.248 e. The summed E-state index contributed by atoms with van der Waals surface area (Å²) in [6, 6.07) is 13.1. The molecule has 0 aliphatic rings. The van der Waals surface area contributed by atoms with E-state index in [0.29, 0.717) is 11.5 Å². The number of methoxy groups -OCH3 is 2. The van der Waals surface area contributed by atoms with Crippen LogP contribution in [0.1, 0.15) is 10.6 Å². The van der Waals surface area contributed by atoms with E-state index in [1.165, 1.54) is 6.08 Å². The summed E-state index contributed by atoms with van der Waals surface area (Å²) in [6.45, 7) is 1.98. The molecule has 0 unspecified atom stereocenters. The first-order valence-corrected chi connectivity index (χ1v) is 9.21. The molecular formula is C21H20N2O3S. The predicted molar refractivity (Wildman–Crippen MR) is 109 cm³/mol. The Morgan fingerprint density at radius 1 is 1.11 bits per heavy atom. The lowest BCUT2D eigenvalue weighted by Gasteiger charge is -2.09. The van der Waals surface area contributed by atoms with E-state index in [1.54, 1.807) is 31.6 Å². The third-order valence-corrected chi connectivity index (χ3v) is 4.69. The van der Waals surface area contributed by atoms with Gasteiger partial charge in [-0.3, -0.25) is 4.79 Å². The number of hydrogen-bond donors (Lipinski definition) is 1. The average molecular weight is 380 g/mol. The standard InChI is InChI=1S/C21H20N2O3S/c1-14-22-18(13-27-14)15-7-10-17(11-8-15)23-20(24)12-9-16-5-4-6-19(25-2)21(16)26-3/h4-13H,1-3H3,(H,23,24)/b12-9+. The molecular weight excluding hydrogens is 360 g/mol. The van der Waals surface area contributed by atoms with Crippen molar-refractivity contribution in [2.24, 2.45) is 0 Å². The van der Waals surface area contributed by atoms with E-state index in [1.807, 2.05) is 54.8 Å². The lowest BCUT2D eigenvalue weighted by atomic mass is 10.1. The average Bonchev–Trinajstić information content (AvgIpc) is 3.12. The molecule has 0 fully saturated rings. The van der Waals surface area contributed by atoms with Gasteiger partial charge in [0.25, 0.3) is 0 Å². The van der Waals surface area contributed by atoms with Gasteiger partial charge in [0.1, 0.15) is 0 Å². The zero-order valence-electron chi connectivity index (χ0n) is 15.4. The number of rotatable bonds is 6. The second-order valence-corrected chi connectivity index (χ2v) is 6.80. The van der Waals surface area contributed by atoms with Crippen LogP contribution in [0, 0.1) is 6.92 Å². The highest BCUT2D eigenvalue weighted by Gasteiger charge is 2.08. The molecule has 2 aromatic carbocycles. The maximum atomic E-state index is 12.2. The number of thiazole rings is 1. The fraction of sp³-hybridized carbons (Fsp3) is 0.143. The van der Waals surface area contributed by atoms with Gasteiger partial charge in [-0.25, -0.2) is 4.98 Å². The minimum Gasteiger partial charge on any atom is -0.493 e. The Kier molecular flexibility index (Phi) is 5.88. The Balaban J connectivity index is 1.68. The molecule has 6 heteroatoms. The summed E-state index contributed by atoms with van der Waals surface area (Å²) in [4.78, 5) is 16.7. The number of para-hydroxylation sites is 1. The van der Waals surface area contributed by atoms with Crippen LogP contribution >= 0.6 is 11.3 Å². The minimum atomic E-state index is -0.225. The molecule has 27 heavy (non-hydrogen) atoms. The van der Waals surface area contributed by atoms with E-state index in [0.717, 1.165) is 27.5 Å². The van der Waals surface area contributed by atoms with Gasteiger partial charge in [-0.15, -0.1) is 11.3 Å². The summed E-state index contributed by atoms with van der Waals surface area (Å²) < 4.78 is 10.6. The largest absolute Gasteiger partial charge is 0.493 e. The van der Waals surface area contributed by atoms with E-state index in [9.17, 15) is 4.79 Å². The Morgan fingerprint density at radius 3 is 2.52 bits per heavy atom. The summed E-state index contributed by atoms with van der Waals surface area (Å²) in [6.07, 6.45) is 3.16. The molecule has 1 aromatic heterocycles. The van der Waals surface area contributed by atoms with Crippen LogP contribution in [-0.2, 0) is 4.79 Å². The van der Waals surface area contributed by atoms with Crippen molar-refractivity contribution in [1.29, 1.82) is 0 Å². The predicted octanol–water partition coefficient (Wildman–Crippen LogP) is 4.79. The number of aromatic nitrogens is 1. The molecule has 0 atom stereocenters. The monoisotopic (exact) mass is 380 g/mol. The first-order chi connectivity index (χ1) is 13.1. The number of ether oxygens (including phenoxy) is 2. The molecule has 0 spiro atoms. The third-order valence-electron chi connectivity index (χ3n) is 3.91. The van der Waals surface area contributed by atoms with Gasteiger partial charge in [-0.1, -0.05) is 24.3 Å². The minimum absolute atomic E-state index is 0.225. The van der Waals surface area contributed by atoms with Crippen molar-refractivity contribution in [3.63, 3.8) is 0 Å². The highest BCUT2D eigenvalue weighted by Crippen LogP contribution is 2.31. The van der Waals surface area contributed by atoms with Crippen LogP contribution in [0.25, 0.3) is 17.3 Å². The van der Waals surface area contributed by atoms with E-state index >= 15 is 0 Å². The van der Waals surface area contributed by atoms with Crippen LogP contribution in [0.4, 0.5) is 5.69 Å². The summed E-state index contributed by atoms with van der Waals surface area (Å²) in [5, 5.41) is 5.90. The third kappa shape index (κ3) is 4.54. The highest BCUT2D eigenvalue weighted by molar-refractivity contribution is 7.09. The SMILES string of the molecule is COc1cccc(/C=C/C(=O)Nc2ccc(-c3csc(C)n3)cc2)c1OC. The van der Waals surface area contributed by atoms with Gasteiger partial charge in [0.2, 0.25) is 5.91 Å². The molecule has 0 saturated carbocycles. The second kappa shape index (κ2) is 8.51. The first kappa shape index (κ1) is 18.7. The number of carbonyl (C=O) groups excluding carboxylic acids is 1. The van der Waals surface area contributed by atoms with Gasteiger partial charge in [0.05, 0.1) is 24.9 Å². The molecule has 0 saturated heterocycles. The highest BCUT2D eigenvalue weighted by atomic mass is 32.1. The van der Waals surface area contributed by atoms with Gasteiger partial charge >= 0.3 is 0 Å². The molecule has 3 aromatic rings. The van der Waals surface area contributed by atoms with Crippen molar-refractivity contribution < 1.29 is 14.3 Å². The molecule has 0 aliphatic heterocycles. The van der Waals surface area contributed by atoms with E-state index in [4.69, 9.17) is 9.47 Å². The summed E-state index contributed by atoms with van der Waals surface area (Å²) in [5.41, 5.74) is 3.45. The molecule has 1 amide bonds. The van der Waals surface area contributed by atoms with Crippen LogP contribution in [0.2, 0.25) is 0 Å². The Bertz CT molecular complexity index is 962. The number of carbonyl (C=O) groups is 1. The fourth-order valence-electron chi connectivity index (χ4n) is 2.61. The molecule has 138 valence electrons. The molecule has 0 radical (unpaired) electrons. The molecule has 3 rings (SSSR count). The van der Waals surface area contributed by atoms with Crippen molar-refractivity contribution >= 4 is 29.0 Å². The van der Waals surface area contributed by atoms with Crippen molar-refractivity contribution in [2.45, 2.75) is 6.92 Å². The number of aryl methyl sites for hydroxylation is 1. The molecule has 0 aliphatic carbocycles. The molecule has 1 N–H and O–H groups in total. The molecule has 5 nitrogen and oxygen atoms in total. The zero-order chi connectivity index (χ0) is 19.2.